The van der Waals surface area contributed by atoms with Crippen LogP contribution in [0.25, 0.3) is 0 Å². The largest absolute Gasteiger partial charge is 0.479 e. The van der Waals surface area contributed by atoms with Crippen molar-refractivity contribution in [3.05, 3.63) is 22.9 Å². The molecule has 1 aliphatic rings. The Morgan fingerprint density at radius 3 is 2.89 bits per heavy atom. The summed E-state index contributed by atoms with van der Waals surface area (Å²) in [5.74, 6) is 0.622. The highest BCUT2D eigenvalue weighted by molar-refractivity contribution is 9.10. The van der Waals surface area contributed by atoms with E-state index in [2.05, 4.69) is 26.2 Å². The van der Waals surface area contributed by atoms with Gasteiger partial charge in [0.2, 0.25) is 0 Å². The molecule has 1 aliphatic heterocycles. The molecule has 0 spiro atoms. The lowest BCUT2D eigenvalue weighted by Gasteiger charge is -2.29. The second-order valence-electron chi connectivity index (χ2n) is 4.17. The van der Waals surface area contributed by atoms with Crippen LogP contribution in [0.1, 0.15) is 6.92 Å². The highest BCUT2D eigenvalue weighted by Gasteiger charge is 2.23. The Hall–Kier alpha value is -1.14. The first-order chi connectivity index (χ1) is 8.66. The summed E-state index contributed by atoms with van der Waals surface area (Å²) < 4.78 is 6.44. The van der Waals surface area contributed by atoms with Crippen molar-refractivity contribution in [2.45, 2.75) is 13.0 Å². The van der Waals surface area contributed by atoms with E-state index in [-0.39, 0.29) is 5.91 Å². The molecule has 6 heteroatoms. The van der Waals surface area contributed by atoms with Crippen LogP contribution in [-0.4, -0.2) is 48.1 Å². The molecule has 1 amide bonds. The Bertz CT molecular complexity index is 422. The van der Waals surface area contributed by atoms with Gasteiger partial charge in [0, 0.05) is 36.8 Å². The number of nitrogens with one attached hydrogen (secondary N) is 1. The fraction of sp³-hybridized carbons (Fsp3) is 0.500. The van der Waals surface area contributed by atoms with Gasteiger partial charge in [-0.1, -0.05) is 0 Å². The van der Waals surface area contributed by atoms with Crippen LogP contribution in [0.3, 0.4) is 0 Å². The summed E-state index contributed by atoms with van der Waals surface area (Å²) in [7, 11) is 0. The number of hydrogen-bond donors (Lipinski definition) is 1. The molecule has 1 aromatic heterocycles. The number of carbonyl (C=O) groups excluding carboxylic acids is 1. The third kappa shape index (κ3) is 3.43. The lowest BCUT2D eigenvalue weighted by molar-refractivity contribution is -0.138. The first-order valence-electron chi connectivity index (χ1n) is 5.93. The predicted octanol–water partition coefficient (Wildman–Crippen LogP) is 1.04. The average Bonchev–Trinajstić information content (AvgIpc) is 2.39. The standard InChI is InChI=1S/C12H16BrN3O2/c1-9(12(17)16-4-2-14-3-5-16)18-11-6-10(13)7-15-8-11/h6-9,14H,2-5H2,1H3. The van der Waals surface area contributed by atoms with Crippen LogP contribution in [0.5, 0.6) is 5.75 Å². The zero-order chi connectivity index (χ0) is 13.0. The highest BCUT2D eigenvalue weighted by Crippen LogP contribution is 2.17. The molecule has 2 heterocycles. The molecule has 2 rings (SSSR count). The fourth-order valence-corrected chi connectivity index (χ4v) is 2.20. The Labute approximate surface area is 115 Å². The third-order valence-corrected chi connectivity index (χ3v) is 3.20. The molecule has 98 valence electrons. The van der Waals surface area contributed by atoms with Crippen molar-refractivity contribution in [2.75, 3.05) is 26.2 Å². The first-order valence-corrected chi connectivity index (χ1v) is 6.73. The van der Waals surface area contributed by atoms with Gasteiger partial charge in [0.25, 0.3) is 5.91 Å². The summed E-state index contributed by atoms with van der Waals surface area (Å²) in [5, 5.41) is 3.21. The van der Waals surface area contributed by atoms with Crippen molar-refractivity contribution in [1.82, 2.24) is 15.2 Å². The van der Waals surface area contributed by atoms with Crippen LogP contribution in [0, 0.1) is 0 Å². The van der Waals surface area contributed by atoms with E-state index in [1.54, 1.807) is 25.4 Å². The number of hydrogen-bond acceptors (Lipinski definition) is 4. The van der Waals surface area contributed by atoms with Crippen LogP contribution in [0.15, 0.2) is 22.9 Å². The van der Waals surface area contributed by atoms with Crippen molar-refractivity contribution in [2.24, 2.45) is 0 Å². The van der Waals surface area contributed by atoms with E-state index >= 15 is 0 Å². The van der Waals surface area contributed by atoms with Gasteiger partial charge in [-0.3, -0.25) is 9.78 Å². The number of aromatic nitrogens is 1. The molecular weight excluding hydrogens is 298 g/mol. The number of amides is 1. The molecule has 1 fully saturated rings. The van der Waals surface area contributed by atoms with Gasteiger partial charge in [-0.15, -0.1) is 0 Å². The molecule has 0 aliphatic carbocycles. The minimum absolute atomic E-state index is 0.0245. The quantitative estimate of drug-likeness (QED) is 0.906. The predicted molar refractivity (Wildman–Crippen MR) is 71.5 cm³/mol. The van der Waals surface area contributed by atoms with E-state index in [9.17, 15) is 4.79 Å². The molecule has 1 saturated heterocycles. The van der Waals surface area contributed by atoms with Crippen LogP contribution in [0.2, 0.25) is 0 Å². The van der Waals surface area contributed by atoms with E-state index in [0.717, 1.165) is 30.7 Å². The minimum Gasteiger partial charge on any atom is -0.479 e. The zero-order valence-electron chi connectivity index (χ0n) is 10.2. The van der Waals surface area contributed by atoms with Gasteiger partial charge < -0.3 is 15.0 Å². The van der Waals surface area contributed by atoms with Gasteiger partial charge in [0.1, 0.15) is 5.75 Å². The van der Waals surface area contributed by atoms with Crippen LogP contribution < -0.4 is 10.1 Å². The first kappa shape index (κ1) is 13.3. The minimum atomic E-state index is -0.487. The second-order valence-corrected chi connectivity index (χ2v) is 5.09. The molecule has 5 nitrogen and oxygen atoms in total. The third-order valence-electron chi connectivity index (χ3n) is 2.77. The topological polar surface area (TPSA) is 54.5 Å². The van der Waals surface area contributed by atoms with Crippen molar-refractivity contribution >= 4 is 21.8 Å². The number of rotatable bonds is 3. The monoisotopic (exact) mass is 313 g/mol. The fourth-order valence-electron chi connectivity index (χ4n) is 1.85. The molecule has 1 unspecified atom stereocenters. The Morgan fingerprint density at radius 2 is 2.22 bits per heavy atom. The van der Waals surface area contributed by atoms with E-state index < -0.39 is 6.10 Å². The van der Waals surface area contributed by atoms with Gasteiger partial charge in [0.15, 0.2) is 6.10 Å². The number of halogens is 1. The normalized spacial score (nSPS) is 17.3. The van der Waals surface area contributed by atoms with Gasteiger partial charge in [-0.2, -0.15) is 0 Å². The van der Waals surface area contributed by atoms with E-state index in [1.165, 1.54) is 0 Å². The lowest BCUT2D eigenvalue weighted by Crippen LogP contribution is -2.50. The van der Waals surface area contributed by atoms with E-state index in [1.807, 2.05) is 4.90 Å². The molecule has 1 aromatic rings. The molecule has 0 bridgehead atoms. The average molecular weight is 314 g/mol. The summed E-state index contributed by atoms with van der Waals surface area (Å²) in [6.07, 6.45) is 2.79. The molecule has 0 saturated carbocycles. The van der Waals surface area contributed by atoms with E-state index in [0.29, 0.717) is 5.75 Å². The van der Waals surface area contributed by atoms with Gasteiger partial charge in [0.05, 0.1) is 6.20 Å². The molecule has 0 radical (unpaired) electrons. The maximum atomic E-state index is 12.1. The lowest BCUT2D eigenvalue weighted by atomic mass is 10.3. The number of carbonyl (C=O) groups is 1. The molecule has 1 atom stereocenters. The Morgan fingerprint density at radius 1 is 1.50 bits per heavy atom. The Kier molecular flexibility index (Phi) is 4.54. The van der Waals surface area contributed by atoms with Crippen LogP contribution >= 0.6 is 15.9 Å². The zero-order valence-corrected chi connectivity index (χ0v) is 11.8. The molecule has 18 heavy (non-hydrogen) atoms. The highest BCUT2D eigenvalue weighted by atomic mass is 79.9. The second kappa shape index (κ2) is 6.15. The number of ether oxygens (including phenoxy) is 1. The maximum absolute atomic E-state index is 12.1. The summed E-state index contributed by atoms with van der Waals surface area (Å²) in [4.78, 5) is 18.0. The maximum Gasteiger partial charge on any atom is 0.263 e. The molecular formula is C12H16BrN3O2. The summed E-state index contributed by atoms with van der Waals surface area (Å²) in [6, 6.07) is 1.80. The van der Waals surface area contributed by atoms with Crippen LogP contribution in [0.4, 0.5) is 0 Å². The smallest absolute Gasteiger partial charge is 0.263 e. The van der Waals surface area contributed by atoms with Gasteiger partial charge in [-0.25, -0.2) is 0 Å². The molecule has 0 aromatic carbocycles. The van der Waals surface area contributed by atoms with Crippen LogP contribution in [-0.2, 0) is 4.79 Å². The summed E-state index contributed by atoms with van der Waals surface area (Å²) >= 11 is 3.32. The van der Waals surface area contributed by atoms with E-state index in [4.69, 9.17) is 4.74 Å². The number of piperazine rings is 1. The van der Waals surface area contributed by atoms with Crippen molar-refractivity contribution in [1.29, 1.82) is 0 Å². The number of nitrogens with zero attached hydrogens (tertiary/aromatic N) is 2. The SMILES string of the molecule is CC(Oc1cncc(Br)c1)C(=O)N1CCNCC1. The number of pyridine rings is 1. The van der Waals surface area contributed by atoms with Crippen molar-refractivity contribution in [3.8, 4) is 5.75 Å². The summed E-state index contributed by atoms with van der Waals surface area (Å²) in [6.45, 7) is 4.94. The Balaban J connectivity index is 1.94. The van der Waals surface area contributed by atoms with Crippen molar-refractivity contribution in [3.63, 3.8) is 0 Å². The van der Waals surface area contributed by atoms with Gasteiger partial charge >= 0.3 is 0 Å². The van der Waals surface area contributed by atoms with Crippen molar-refractivity contribution < 1.29 is 9.53 Å². The summed E-state index contributed by atoms with van der Waals surface area (Å²) in [5.41, 5.74) is 0. The molecule has 1 N–H and O–H groups in total. The van der Waals surface area contributed by atoms with Gasteiger partial charge in [-0.05, 0) is 28.9 Å².